The van der Waals surface area contributed by atoms with Gasteiger partial charge in [-0.1, -0.05) is 83.9 Å². The Hall–Kier alpha value is -1.68. The first kappa shape index (κ1) is 17.7. The summed E-state index contributed by atoms with van der Waals surface area (Å²) in [7, 11) is 0. The molecule has 0 aliphatic rings. The molecule has 120 valence electrons. The standard InChI is InChI=1S/C18H18Cl2N2O/c19-17(13-21-11-15-7-3-1-4-8-15)23-18(20)14-22-12-16-9-5-2-6-10-16/h1-10,13-14,17-18H,11-12H2. The number of rotatable bonds is 8. The van der Waals surface area contributed by atoms with Crippen LogP contribution in [0.4, 0.5) is 0 Å². The van der Waals surface area contributed by atoms with E-state index < -0.39 is 11.1 Å². The molecule has 0 radical (unpaired) electrons. The SMILES string of the molecule is ClC(C=NCc1ccccc1)OC(Cl)C=NCc1ccccc1. The lowest BCUT2D eigenvalue weighted by molar-refractivity contribution is 0.165. The molecule has 2 unspecified atom stereocenters. The average Bonchev–Trinajstić information content (AvgIpc) is 2.57. The van der Waals surface area contributed by atoms with Gasteiger partial charge < -0.3 is 4.74 Å². The van der Waals surface area contributed by atoms with Gasteiger partial charge in [-0.15, -0.1) is 0 Å². The van der Waals surface area contributed by atoms with Crippen molar-refractivity contribution in [3.63, 3.8) is 0 Å². The fourth-order valence-corrected chi connectivity index (χ4v) is 2.28. The number of hydrogen-bond donors (Lipinski definition) is 0. The van der Waals surface area contributed by atoms with Crippen LogP contribution in [0.5, 0.6) is 0 Å². The van der Waals surface area contributed by atoms with Crippen LogP contribution in [-0.2, 0) is 17.8 Å². The highest BCUT2D eigenvalue weighted by molar-refractivity contribution is 6.29. The third-order valence-corrected chi connectivity index (χ3v) is 3.37. The summed E-state index contributed by atoms with van der Waals surface area (Å²) >= 11 is 12.0. The van der Waals surface area contributed by atoms with E-state index in [9.17, 15) is 0 Å². The number of ether oxygens (including phenoxy) is 1. The lowest BCUT2D eigenvalue weighted by Crippen LogP contribution is -2.15. The summed E-state index contributed by atoms with van der Waals surface area (Å²) < 4.78 is 5.36. The molecule has 0 spiro atoms. The molecule has 2 atom stereocenters. The van der Waals surface area contributed by atoms with E-state index in [1.54, 1.807) is 0 Å². The molecule has 23 heavy (non-hydrogen) atoms. The number of halogens is 2. The summed E-state index contributed by atoms with van der Waals surface area (Å²) in [5.74, 6) is 0. The van der Waals surface area contributed by atoms with Gasteiger partial charge in [0.05, 0.1) is 13.1 Å². The highest BCUT2D eigenvalue weighted by Crippen LogP contribution is 2.06. The Balaban J connectivity index is 1.70. The molecule has 0 saturated heterocycles. The van der Waals surface area contributed by atoms with Gasteiger partial charge in [-0.2, -0.15) is 0 Å². The van der Waals surface area contributed by atoms with E-state index in [1.807, 2.05) is 60.7 Å². The minimum absolute atomic E-state index is 0.558. The highest BCUT2D eigenvalue weighted by Gasteiger charge is 2.07. The normalized spacial score (nSPS) is 14.3. The number of hydrogen-bond acceptors (Lipinski definition) is 3. The van der Waals surface area contributed by atoms with Crippen LogP contribution < -0.4 is 0 Å². The van der Waals surface area contributed by atoms with Crippen molar-refractivity contribution in [3.05, 3.63) is 71.8 Å². The number of benzene rings is 2. The molecule has 0 fully saturated rings. The van der Waals surface area contributed by atoms with E-state index in [0.29, 0.717) is 13.1 Å². The number of aliphatic imine (C=N–C) groups is 2. The van der Waals surface area contributed by atoms with E-state index in [2.05, 4.69) is 9.98 Å². The molecule has 2 aromatic carbocycles. The van der Waals surface area contributed by atoms with E-state index in [1.165, 1.54) is 12.4 Å². The van der Waals surface area contributed by atoms with Crippen LogP contribution in [0.3, 0.4) is 0 Å². The van der Waals surface area contributed by atoms with Gasteiger partial charge in [-0.25, -0.2) is 0 Å². The lowest BCUT2D eigenvalue weighted by atomic mass is 10.2. The Kier molecular flexibility index (Phi) is 7.81. The summed E-state index contributed by atoms with van der Waals surface area (Å²) in [6, 6.07) is 19.8. The maximum atomic E-state index is 6.02. The Morgan fingerprint density at radius 1 is 0.739 bits per heavy atom. The molecule has 0 bridgehead atoms. The molecule has 2 aromatic rings. The molecule has 0 saturated carbocycles. The van der Waals surface area contributed by atoms with E-state index in [-0.39, 0.29) is 0 Å². The second-order valence-electron chi connectivity index (χ2n) is 4.79. The fourth-order valence-electron chi connectivity index (χ4n) is 1.84. The van der Waals surface area contributed by atoms with Crippen LogP contribution in [0, 0.1) is 0 Å². The predicted molar refractivity (Wildman–Crippen MR) is 97.6 cm³/mol. The first-order valence-electron chi connectivity index (χ1n) is 7.25. The quantitative estimate of drug-likeness (QED) is 0.503. The molecule has 0 aliphatic carbocycles. The average molecular weight is 349 g/mol. The molecular weight excluding hydrogens is 331 g/mol. The predicted octanol–water partition coefficient (Wildman–Crippen LogP) is 4.67. The monoisotopic (exact) mass is 348 g/mol. The van der Waals surface area contributed by atoms with Gasteiger partial charge >= 0.3 is 0 Å². The second kappa shape index (κ2) is 10.2. The molecule has 0 aliphatic heterocycles. The molecule has 5 heteroatoms. The number of alkyl halides is 2. The highest BCUT2D eigenvalue weighted by atomic mass is 35.5. The Morgan fingerprint density at radius 2 is 1.13 bits per heavy atom. The summed E-state index contributed by atoms with van der Waals surface area (Å²) in [6.45, 7) is 1.12. The van der Waals surface area contributed by atoms with E-state index in [0.717, 1.165) is 11.1 Å². The van der Waals surface area contributed by atoms with Crippen LogP contribution in [0.1, 0.15) is 11.1 Å². The van der Waals surface area contributed by atoms with Crippen molar-refractivity contribution in [2.45, 2.75) is 24.2 Å². The molecule has 0 aromatic heterocycles. The van der Waals surface area contributed by atoms with Crippen molar-refractivity contribution in [1.82, 2.24) is 0 Å². The van der Waals surface area contributed by atoms with E-state index >= 15 is 0 Å². The smallest absolute Gasteiger partial charge is 0.168 e. The summed E-state index contributed by atoms with van der Waals surface area (Å²) in [6.07, 6.45) is 3.07. The van der Waals surface area contributed by atoms with Crippen molar-refractivity contribution < 1.29 is 4.74 Å². The maximum absolute atomic E-state index is 6.02. The minimum Gasteiger partial charge on any atom is -0.333 e. The second-order valence-corrected chi connectivity index (χ2v) is 5.65. The molecule has 0 heterocycles. The van der Waals surface area contributed by atoms with Crippen LogP contribution in [0.25, 0.3) is 0 Å². The topological polar surface area (TPSA) is 34.0 Å². The third kappa shape index (κ3) is 7.42. The first-order chi connectivity index (χ1) is 11.2. The Bertz CT molecular complexity index is 562. The number of nitrogens with zero attached hydrogens (tertiary/aromatic N) is 2. The summed E-state index contributed by atoms with van der Waals surface area (Å²) in [4.78, 5) is 8.47. The van der Waals surface area contributed by atoms with E-state index in [4.69, 9.17) is 27.9 Å². The molecule has 0 amide bonds. The Morgan fingerprint density at radius 3 is 1.52 bits per heavy atom. The summed E-state index contributed by atoms with van der Waals surface area (Å²) in [5.41, 5.74) is 0.840. The van der Waals surface area contributed by atoms with Gasteiger partial charge in [0, 0.05) is 12.4 Å². The van der Waals surface area contributed by atoms with Crippen molar-refractivity contribution in [2.75, 3.05) is 0 Å². The van der Waals surface area contributed by atoms with Crippen LogP contribution in [0.2, 0.25) is 0 Å². The maximum Gasteiger partial charge on any atom is 0.168 e. The Labute approximate surface area is 146 Å². The van der Waals surface area contributed by atoms with Gasteiger partial charge in [-0.3, -0.25) is 9.98 Å². The van der Waals surface area contributed by atoms with Gasteiger partial charge in [0.2, 0.25) is 0 Å². The van der Waals surface area contributed by atoms with Crippen LogP contribution >= 0.6 is 23.2 Å². The van der Waals surface area contributed by atoms with Crippen LogP contribution in [-0.4, -0.2) is 23.6 Å². The van der Waals surface area contributed by atoms with Crippen molar-refractivity contribution >= 4 is 35.6 Å². The first-order valence-corrected chi connectivity index (χ1v) is 8.12. The minimum atomic E-state index is -0.690. The van der Waals surface area contributed by atoms with Gasteiger partial charge in [0.1, 0.15) is 0 Å². The van der Waals surface area contributed by atoms with Crippen molar-refractivity contribution in [3.8, 4) is 0 Å². The van der Waals surface area contributed by atoms with Crippen LogP contribution in [0.15, 0.2) is 70.6 Å². The lowest BCUT2D eigenvalue weighted by Gasteiger charge is -2.08. The van der Waals surface area contributed by atoms with Gasteiger partial charge in [0.25, 0.3) is 0 Å². The molecule has 0 N–H and O–H groups in total. The zero-order chi connectivity index (χ0) is 16.3. The largest absolute Gasteiger partial charge is 0.333 e. The van der Waals surface area contributed by atoms with Crippen molar-refractivity contribution in [2.24, 2.45) is 9.98 Å². The van der Waals surface area contributed by atoms with Gasteiger partial charge in [-0.05, 0) is 11.1 Å². The zero-order valence-corrected chi connectivity index (χ0v) is 14.1. The summed E-state index contributed by atoms with van der Waals surface area (Å²) in [5, 5.41) is 0. The third-order valence-electron chi connectivity index (χ3n) is 2.94. The molecule has 2 rings (SSSR count). The van der Waals surface area contributed by atoms with Crippen molar-refractivity contribution in [1.29, 1.82) is 0 Å². The fraction of sp³-hybridized carbons (Fsp3) is 0.222. The van der Waals surface area contributed by atoms with Gasteiger partial charge in [0.15, 0.2) is 11.1 Å². The zero-order valence-electron chi connectivity index (χ0n) is 12.6. The molecular formula is C18H18Cl2N2O. The molecule has 3 nitrogen and oxygen atoms in total.